The summed E-state index contributed by atoms with van der Waals surface area (Å²) in [6.45, 7) is 2.63. The number of imide groups is 1. The van der Waals surface area contributed by atoms with Crippen LogP contribution in [0.3, 0.4) is 0 Å². The van der Waals surface area contributed by atoms with E-state index in [1.165, 1.54) is 18.2 Å². The smallest absolute Gasteiger partial charge is 0.266 e. The summed E-state index contributed by atoms with van der Waals surface area (Å²) in [5.74, 6) is -0.511. The van der Waals surface area contributed by atoms with E-state index in [0.29, 0.717) is 23.7 Å². The summed E-state index contributed by atoms with van der Waals surface area (Å²) >= 11 is 0. The Balaban J connectivity index is 1.26. The first kappa shape index (κ1) is 23.3. The lowest BCUT2D eigenvalue weighted by Gasteiger charge is -2.14. The predicted octanol–water partition coefficient (Wildman–Crippen LogP) is 4.16. The molecule has 2 aliphatic rings. The Kier molecular flexibility index (Phi) is 6.25. The Morgan fingerprint density at radius 3 is 2.42 bits per heavy atom. The predicted molar refractivity (Wildman–Crippen MR) is 134 cm³/mol. The lowest BCUT2D eigenvalue weighted by molar-refractivity contribution is -0.117. The van der Waals surface area contributed by atoms with Crippen molar-refractivity contribution >= 4 is 35.0 Å². The van der Waals surface area contributed by atoms with Crippen molar-refractivity contribution in [2.45, 2.75) is 26.3 Å². The normalized spacial score (nSPS) is 14.4. The number of nitrogens with zero attached hydrogens (tertiary/aromatic N) is 1. The van der Waals surface area contributed by atoms with Crippen LogP contribution in [0, 0.1) is 5.92 Å². The quantitative estimate of drug-likeness (QED) is 0.468. The Bertz CT molecular complexity index is 1360. The third kappa shape index (κ3) is 4.70. The molecule has 2 N–H and O–H groups in total. The zero-order chi connectivity index (χ0) is 25.2. The highest BCUT2D eigenvalue weighted by molar-refractivity contribution is 6.34. The molecule has 0 bridgehead atoms. The SMILES string of the molecule is CCOc1ccc(N2C(=O)c3ccc(C(=O)NCc4cccc(NC(=O)C5CC5)c4)cc3C2=O)cc1. The number of hydrogen-bond donors (Lipinski definition) is 2. The van der Waals surface area contributed by atoms with Crippen LogP contribution in [0.25, 0.3) is 0 Å². The van der Waals surface area contributed by atoms with E-state index in [1.54, 1.807) is 24.3 Å². The van der Waals surface area contributed by atoms with Crippen LogP contribution >= 0.6 is 0 Å². The first-order valence-electron chi connectivity index (χ1n) is 11.9. The van der Waals surface area contributed by atoms with Crippen molar-refractivity contribution < 1.29 is 23.9 Å². The van der Waals surface area contributed by atoms with Crippen molar-refractivity contribution in [2.24, 2.45) is 5.92 Å². The Labute approximate surface area is 208 Å². The summed E-state index contributed by atoms with van der Waals surface area (Å²) in [5, 5.41) is 5.73. The summed E-state index contributed by atoms with van der Waals surface area (Å²) in [6.07, 6.45) is 1.85. The van der Waals surface area contributed by atoms with Gasteiger partial charge >= 0.3 is 0 Å². The van der Waals surface area contributed by atoms with E-state index in [2.05, 4.69) is 10.6 Å². The molecule has 1 saturated carbocycles. The fourth-order valence-corrected chi connectivity index (χ4v) is 4.11. The molecular weight excluding hydrogens is 458 g/mol. The number of nitrogens with one attached hydrogen (secondary N) is 2. The van der Waals surface area contributed by atoms with E-state index in [1.807, 2.05) is 31.2 Å². The fourth-order valence-electron chi connectivity index (χ4n) is 4.11. The van der Waals surface area contributed by atoms with Crippen LogP contribution < -0.4 is 20.3 Å². The highest BCUT2D eigenvalue weighted by atomic mass is 16.5. The molecule has 3 aromatic carbocycles. The lowest BCUT2D eigenvalue weighted by Crippen LogP contribution is -2.29. The summed E-state index contributed by atoms with van der Waals surface area (Å²) in [5.41, 5.74) is 2.67. The second-order valence-electron chi connectivity index (χ2n) is 8.78. The number of benzene rings is 3. The van der Waals surface area contributed by atoms with Crippen molar-refractivity contribution in [3.63, 3.8) is 0 Å². The van der Waals surface area contributed by atoms with Crippen LogP contribution in [0.4, 0.5) is 11.4 Å². The molecule has 1 aliphatic heterocycles. The molecule has 36 heavy (non-hydrogen) atoms. The number of amides is 4. The topological polar surface area (TPSA) is 105 Å². The maximum absolute atomic E-state index is 13.1. The number of carbonyl (C=O) groups is 4. The molecule has 5 rings (SSSR count). The van der Waals surface area contributed by atoms with Crippen molar-refractivity contribution in [1.29, 1.82) is 0 Å². The average molecular weight is 484 g/mol. The zero-order valence-corrected chi connectivity index (χ0v) is 19.7. The summed E-state index contributed by atoms with van der Waals surface area (Å²) in [7, 11) is 0. The van der Waals surface area contributed by atoms with E-state index in [0.717, 1.165) is 23.3 Å². The van der Waals surface area contributed by atoms with Crippen LogP contribution in [0.2, 0.25) is 0 Å². The van der Waals surface area contributed by atoms with Gasteiger partial charge < -0.3 is 15.4 Å². The molecule has 0 atom stereocenters. The first-order chi connectivity index (χ1) is 17.4. The second kappa shape index (κ2) is 9.65. The van der Waals surface area contributed by atoms with E-state index < -0.39 is 11.8 Å². The van der Waals surface area contributed by atoms with Gasteiger partial charge in [0, 0.05) is 23.7 Å². The van der Waals surface area contributed by atoms with Crippen molar-refractivity contribution in [3.8, 4) is 5.75 Å². The van der Waals surface area contributed by atoms with E-state index in [-0.39, 0.29) is 41.0 Å². The van der Waals surface area contributed by atoms with Gasteiger partial charge in [-0.3, -0.25) is 19.2 Å². The molecule has 0 saturated heterocycles. The number of fused-ring (bicyclic) bond motifs is 1. The number of ether oxygens (including phenoxy) is 1. The molecule has 0 unspecified atom stereocenters. The van der Waals surface area contributed by atoms with Crippen molar-refractivity contribution in [1.82, 2.24) is 5.32 Å². The van der Waals surface area contributed by atoms with Gasteiger partial charge in [-0.15, -0.1) is 0 Å². The molecule has 0 aromatic heterocycles. The standard InChI is InChI=1S/C28H25N3O5/c1-2-36-22-11-9-21(10-12-22)31-27(34)23-13-8-19(15-24(23)28(31)35)25(32)29-16-17-4-3-5-20(14-17)30-26(33)18-6-7-18/h3-5,8-15,18H,2,6-7,16H2,1H3,(H,29,32)(H,30,33). The van der Waals surface area contributed by atoms with Gasteiger partial charge in [-0.1, -0.05) is 12.1 Å². The Morgan fingerprint density at radius 1 is 0.944 bits per heavy atom. The number of anilines is 2. The molecule has 1 aliphatic carbocycles. The van der Waals surface area contributed by atoms with Gasteiger partial charge in [-0.25, -0.2) is 4.90 Å². The molecule has 182 valence electrons. The Hall–Kier alpha value is -4.46. The first-order valence-corrected chi connectivity index (χ1v) is 11.9. The summed E-state index contributed by atoms with van der Waals surface area (Å²) < 4.78 is 5.42. The fraction of sp³-hybridized carbons (Fsp3) is 0.214. The summed E-state index contributed by atoms with van der Waals surface area (Å²) in [6, 6.07) is 18.5. The highest BCUT2D eigenvalue weighted by Crippen LogP contribution is 2.31. The van der Waals surface area contributed by atoms with E-state index in [9.17, 15) is 19.2 Å². The van der Waals surface area contributed by atoms with Crippen molar-refractivity contribution in [2.75, 3.05) is 16.8 Å². The molecule has 8 nitrogen and oxygen atoms in total. The second-order valence-corrected chi connectivity index (χ2v) is 8.78. The minimum absolute atomic E-state index is 0.0211. The van der Waals surface area contributed by atoms with E-state index in [4.69, 9.17) is 4.74 Å². The number of carbonyl (C=O) groups excluding carboxylic acids is 4. The maximum Gasteiger partial charge on any atom is 0.266 e. The third-order valence-corrected chi connectivity index (χ3v) is 6.15. The largest absolute Gasteiger partial charge is 0.494 e. The monoisotopic (exact) mass is 483 g/mol. The molecule has 4 amide bonds. The van der Waals surface area contributed by atoms with Gasteiger partial charge in [0.15, 0.2) is 0 Å². The molecule has 1 fully saturated rings. The molecule has 1 heterocycles. The Morgan fingerprint density at radius 2 is 1.69 bits per heavy atom. The van der Waals surface area contributed by atoms with E-state index >= 15 is 0 Å². The molecule has 0 radical (unpaired) electrons. The van der Waals surface area contributed by atoms with Gasteiger partial charge in [0.2, 0.25) is 5.91 Å². The molecule has 8 heteroatoms. The van der Waals surface area contributed by atoms with Gasteiger partial charge in [0.1, 0.15) is 5.75 Å². The van der Waals surface area contributed by atoms with Crippen molar-refractivity contribution in [3.05, 3.63) is 89.0 Å². The van der Waals surface area contributed by atoms with Crippen LogP contribution in [0.5, 0.6) is 5.75 Å². The maximum atomic E-state index is 13.1. The minimum atomic E-state index is -0.479. The summed E-state index contributed by atoms with van der Waals surface area (Å²) in [4.78, 5) is 51.9. The van der Waals surface area contributed by atoms with Gasteiger partial charge in [0.25, 0.3) is 17.7 Å². The van der Waals surface area contributed by atoms with Crippen LogP contribution in [-0.2, 0) is 11.3 Å². The number of rotatable bonds is 8. The van der Waals surface area contributed by atoms with Gasteiger partial charge in [-0.05, 0) is 79.9 Å². The third-order valence-electron chi connectivity index (χ3n) is 6.15. The van der Waals surface area contributed by atoms with Crippen LogP contribution in [0.15, 0.2) is 66.7 Å². The molecule has 0 spiro atoms. The lowest BCUT2D eigenvalue weighted by atomic mass is 10.1. The highest BCUT2D eigenvalue weighted by Gasteiger charge is 2.37. The molecular formula is C28H25N3O5. The van der Waals surface area contributed by atoms with Gasteiger partial charge in [0.05, 0.1) is 23.4 Å². The van der Waals surface area contributed by atoms with Crippen LogP contribution in [-0.4, -0.2) is 30.2 Å². The number of hydrogen-bond acceptors (Lipinski definition) is 5. The minimum Gasteiger partial charge on any atom is -0.494 e. The average Bonchev–Trinajstić information content (AvgIpc) is 3.71. The van der Waals surface area contributed by atoms with Crippen LogP contribution in [0.1, 0.15) is 56.4 Å². The van der Waals surface area contributed by atoms with Gasteiger partial charge in [-0.2, -0.15) is 0 Å². The molecule has 3 aromatic rings. The zero-order valence-electron chi connectivity index (χ0n) is 19.7.